The molecule has 2 heterocycles. The van der Waals surface area contributed by atoms with Gasteiger partial charge in [0, 0.05) is 30.1 Å². The van der Waals surface area contributed by atoms with Crippen LogP contribution in [0.5, 0.6) is 0 Å². The number of anilines is 1. The lowest BCUT2D eigenvalue weighted by Crippen LogP contribution is -2.33. The second kappa shape index (κ2) is 9.03. The summed E-state index contributed by atoms with van der Waals surface area (Å²) in [5.74, 6) is -1.01. The Morgan fingerprint density at radius 1 is 0.912 bits per heavy atom. The van der Waals surface area contributed by atoms with Crippen molar-refractivity contribution in [3.05, 3.63) is 106 Å². The molecule has 7 heteroatoms. The lowest BCUT2D eigenvalue weighted by Gasteiger charge is -2.20. The molecule has 1 aromatic heterocycles. The number of carbonyl (C=O) groups is 3. The zero-order valence-corrected chi connectivity index (χ0v) is 19.3. The topological polar surface area (TPSA) is 70.6 Å². The van der Waals surface area contributed by atoms with Gasteiger partial charge in [-0.1, -0.05) is 60.7 Å². The van der Waals surface area contributed by atoms with Crippen LogP contribution in [0.1, 0.15) is 36.6 Å². The number of rotatable bonds is 6. The first-order valence-electron chi connectivity index (χ1n) is 10.9. The van der Waals surface area contributed by atoms with Gasteiger partial charge < -0.3 is 0 Å². The summed E-state index contributed by atoms with van der Waals surface area (Å²) in [5.41, 5.74) is 3.81. The van der Waals surface area contributed by atoms with E-state index in [9.17, 15) is 14.4 Å². The smallest absolute Gasteiger partial charge is 0.261 e. The molecule has 0 atom stereocenters. The van der Waals surface area contributed by atoms with E-state index in [0.29, 0.717) is 29.2 Å². The number of nitrogens with zero attached hydrogens (tertiary/aromatic N) is 3. The van der Waals surface area contributed by atoms with Gasteiger partial charge in [-0.15, -0.1) is 11.3 Å². The molecule has 34 heavy (non-hydrogen) atoms. The molecule has 6 nitrogen and oxygen atoms in total. The summed E-state index contributed by atoms with van der Waals surface area (Å²) in [4.78, 5) is 45.8. The van der Waals surface area contributed by atoms with E-state index in [-0.39, 0.29) is 17.4 Å². The van der Waals surface area contributed by atoms with Crippen LogP contribution in [0.2, 0.25) is 0 Å². The fraction of sp³-hybridized carbons (Fsp3) is 0.111. The molecule has 3 aromatic carbocycles. The van der Waals surface area contributed by atoms with Crippen molar-refractivity contribution in [2.75, 3.05) is 18.5 Å². The molecular weight excluding hydrogens is 446 g/mol. The molecule has 168 valence electrons. The number of fused-ring (bicyclic) bond motifs is 1. The van der Waals surface area contributed by atoms with Gasteiger partial charge in [0.05, 0.1) is 16.8 Å². The van der Waals surface area contributed by atoms with Gasteiger partial charge in [0.15, 0.2) is 5.13 Å². The fourth-order valence-corrected chi connectivity index (χ4v) is 4.81. The summed E-state index contributed by atoms with van der Waals surface area (Å²) >= 11 is 1.40. The van der Waals surface area contributed by atoms with Crippen LogP contribution < -0.4 is 4.90 Å². The summed E-state index contributed by atoms with van der Waals surface area (Å²) in [6.45, 7) is 0.425. The van der Waals surface area contributed by atoms with Crippen molar-refractivity contribution in [1.29, 1.82) is 0 Å². The van der Waals surface area contributed by atoms with Crippen molar-refractivity contribution in [2.24, 2.45) is 0 Å². The van der Waals surface area contributed by atoms with Crippen LogP contribution in [0, 0.1) is 0 Å². The number of hydrogen-bond donors (Lipinski definition) is 0. The Morgan fingerprint density at radius 3 is 2.32 bits per heavy atom. The number of benzene rings is 3. The predicted octanol–water partition coefficient (Wildman–Crippen LogP) is 4.93. The number of imide groups is 1. The molecule has 0 aliphatic carbocycles. The van der Waals surface area contributed by atoms with Crippen molar-refractivity contribution < 1.29 is 14.4 Å². The van der Waals surface area contributed by atoms with Gasteiger partial charge in [0.25, 0.3) is 17.7 Å². The minimum Gasteiger partial charge on any atom is -0.284 e. The number of hydrogen-bond acceptors (Lipinski definition) is 5. The summed E-state index contributed by atoms with van der Waals surface area (Å²) in [5, 5.41) is 2.52. The zero-order chi connectivity index (χ0) is 23.7. The molecule has 3 amide bonds. The van der Waals surface area contributed by atoms with Crippen molar-refractivity contribution >= 4 is 34.2 Å². The van der Waals surface area contributed by atoms with Gasteiger partial charge in [-0.3, -0.25) is 24.2 Å². The van der Waals surface area contributed by atoms with Crippen LogP contribution in [-0.2, 0) is 6.42 Å². The lowest BCUT2D eigenvalue weighted by atomic mass is 10.0. The number of carbonyl (C=O) groups excluding carboxylic acids is 3. The summed E-state index contributed by atoms with van der Waals surface area (Å²) in [7, 11) is 1.44. The van der Waals surface area contributed by atoms with Gasteiger partial charge in [-0.25, -0.2) is 4.98 Å². The van der Waals surface area contributed by atoms with Crippen LogP contribution in [-0.4, -0.2) is 41.2 Å². The molecule has 4 aromatic rings. The van der Waals surface area contributed by atoms with Crippen molar-refractivity contribution in [3.63, 3.8) is 0 Å². The number of amides is 3. The van der Waals surface area contributed by atoms with E-state index in [2.05, 4.69) is 0 Å². The van der Waals surface area contributed by atoms with Crippen LogP contribution in [0.15, 0.2) is 84.2 Å². The van der Waals surface area contributed by atoms with Gasteiger partial charge in [-0.2, -0.15) is 0 Å². The second-order valence-electron chi connectivity index (χ2n) is 8.00. The van der Waals surface area contributed by atoms with E-state index in [1.165, 1.54) is 24.5 Å². The Hall–Kier alpha value is -4.10. The maximum Gasteiger partial charge on any atom is 0.261 e. The van der Waals surface area contributed by atoms with E-state index in [0.717, 1.165) is 21.7 Å². The van der Waals surface area contributed by atoms with Gasteiger partial charge in [0.2, 0.25) is 0 Å². The first kappa shape index (κ1) is 21.7. The summed E-state index contributed by atoms with van der Waals surface area (Å²) < 4.78 is 0. The average molecular weight is 468 g/mol. The van der Waals surface area contributed by atoms with E-state index >= 15 is 0 Å². The Kier molecular flexibility index (Phi) is 5.77. The number of aromatic nitrogens is 1. The van der Waals surface area contributed by atoms with Crippen LogP contribution in [0.4, 0.5) is 5.13 Å². The highest BCUT2D eigenvalue weighted by atomic mass is 32.1. The Balaban J connectivity index is 1.49. The summed E-state index contributed by atoms with van der Waals surface area (Å²) in [6, 6.07) is 24.4. The third kappa shape index (κ3) is 4.02. The SMILES string of the molecule is CN1C(=O)c2ccc(C(=O)N(CCc3ccccc3)c3nc(-c4ccccc4)cs3)cc2C1=O. The minimum absolute atomic E-state index is 0.255. The van der Waals surface area contributed by atoms with E-state index in [1.54, 1.807) is 17.0 Å². The molecule has 0 N–H and O–H groups in total. The highest BCUT2D eigenvalue weighted by Crippen LogP contribution is 2.30. The lowest BCUT2D eigenvalue weighted by molar-refractivity contribution is 0.0693. The first-order valence-corrected chi connectivity index (χ1v) is 11.7. The molecular formula is C27H21N3O3S. The van der Waals surface area contributed by atoms with Crippen LogP contribution in [0.3, 0.4) is 0 Å². The molecule has 0 spiro atoms. The quantitative estimate of drug-likeness (QED) is 0.377. The minimum atomic E-state index is -0.397. The van der Waals surface area contributed by atoms with Crippen LogP contribution in [0.25, 0.3) is 11.3 Å². The third-order valence-corrected chi connectivity index (χ3v) is 6.70. The normalized spacial score (nSPS) is 12.7. The maximum absolute atomic E-state index is 13.7. The second-order valence-corrected chi connectivity index (χ2v) is 8.84. The van der Waals surface area contributed by atoms with Crippen molar-refractivity contribution in [3.8, 4) is 11.3 Å². The molecule has 0 bridgehead atoms. The molecule has 5 rings (SSSR count). The van der Waals surface area contributed by atoms with Gasteiger partial charge >= 0.3 is 0 Å². The molecule has 1 aliphatic heterocycles. The standard InChI is InChI=1S/C27H21N3O3S/c1-29-25(32)21-13-12-20(16-22(21)26(29)33)24(31)30(15-14-18-8-4-2-5-9-18)27-28-23(17-34-27)19-10-6-3-7-11-19/h2-13,16-17H,14-15H2,1H3. The van der Waals surface area contributed by atoms with Gasteiger partial charge in [-0.05, 0) is 30.2 Å². The number of thiazole rings is 1. The van der Waals surface area contributed by atoms with E-state index < -0.39 is 5.91 Å². The first-order chi connectivity index (χ1) is 16.5. The van der Waals surface area contributed by atoms with Gasteiger partial charge in [0.1, 0.15) is 0 Å². The van der Waals surface area contributed by atoms with Crippen molar-refractivity contribution in [2.45, 2.75) is 6.42 Å². The maximum atomic E-state index is 13.7. The fourth-order valence-electron chi connectivity index (χ4n) is 3.95. The molecule has 0 unspecified atom stereocenters. The molecule has 0 fully saturated rings. The Bertz CT molecular complexity index is 1380. The van der Waals surface area contributed by atoms with Crippen molar-refractivity contribution in [1.82, 2.24) is 9.88 Å². The zero-order valence-electron chi connectivity index (χ0n) is 18.5. The van der Waals surface area contributed by atoms with E-state index in [1.807, 2.05) is 66.0 Å². The predicted molar refractivity (Wildman–Crippen MR) is 132 cm³/mol. The third-order valence-electron chi connectivity index (χ3n) is 5.84. The Morgan fingerprint density at radius 2 is 1.59 bits per heavy atom. The monoisotopic (exact) mass is 467 g/mol. The molecule has 0 radical (unpaired) electrons. The molecule has 0 saturated carbocycles. The Labute approximate surface area is 201 Å². The largest absolute Gasteiger partial charge is 0.284 e. The molecule has 1 aliphatic rings. The summed E-state index contributed by atoms with van der Waals surface area (Å²) in [6.07, 6.45) is 0.651. The average Bonchev–Trinajstić information content (AvgIpc) is 3.45. The molecule has 0 saturated heterocycles. The van der Waals surface area contributed by atoms with Crippen LogP contribution >= 0.6 is 11.3 Å². The highest BCUT2D eigenvalue weighted by Gasteiger charge is 2.34. The highest BCUT2D eigenvalue weighted by molar-refractivity contribution is 7.14. The van der Waals surface area contributed by atoms with E-state index in [4.69, 9.17) is 4.98 Å².